The molecule has 14 heavy (non-hydrogen) atoms. The molecule has 0 atom stereocenters. The van der Waals surface area contributed by atoms with Crippen molar-refractivity contribution >= 4 is 6.16 Å². The average Bonchev–Trinajstić information content (AvgIpc) is 2.03. The minimum Gasteiger partial charge on any atom is -0.450 e. The molecule has 0 aliphatic heterocycles. The molecule has 0 heterocycles. The molecule has 0 spiro atoms. The zero-order valence-electron chi connectivity index (χ0n) is 8.69. The molecule has 3 heteroatoms. The average molecular weight is 196 g/mol. The van der Waals surface area contributed by atoms with Crippen LogP contribution in [0.25, 0.3) is 0 Å². The Kier molecular flexibility index (Phi) is 4.70. The second-order valence-corrected chi connectivity index (χ2v) is 3.90. The van der Waals surface area contributed by atoms with E-state index >= 15 is 0 Å². The summed E-state index contributed by atoms with van der Waals surface area (Å²) in [5, 5.41) is 13.9. The Hall–Kier alpha value is -1.51. The second kappa shape index (κ2) is 5.27. The van der Waals surface area contributed by atoms with Gasteiger partial charge in [-0.05, 0) is 11.0 Å². The molecule has 0 amide bonds. The summed E-state index contributed by atoms with van der Waals surface area (Å²) in [6.45, 7) is 6.67. The Morgan fingerprint density at radius 2 is 1.43 bits per heavy atom. The lowest BCUT2D eigenvalue weighted by Crippen LogP contribution is -2.10. The van der Waals surface area contributed by atoms with E-state index in [0.717, 1.165) is 0 Å². The van der Waals surface area contributed by atoms with Crippen molar-refractivity contribution < 1.29 is 15.0 Å². The van der Waals surface area contributed by atoms with Crippen LogP contribution in [0.2, 0.25) is 0 Å². The Balaban J connectivity index is 0.000000364. The summed E-state index contributed by atoms with van der Waals surface area (Å²) < 4.78 is 0. The van der Waals surface area contributed by atoms with Gasteiger partial charge in [0.25, 0.3) is 0 Å². The highest BCUT2D eigenvalue weighted by Crippen LogP contribution is 2.20. The van der Waals surface area contributed by atoms with Gasteiger partial charge in [-0.1, -0.05) is 51.1 Å². The van der Waals surface area contributed by atoms with E-state index in [-0.39, 0.29) is 0 Å². The van der Waals surface area contributed by atoms with Crippen LogP contribution in [0.3, 0.4) is 0 Å². The van der Waals surface area contributed by atoms with Crippen LogP contribution < -0.4 is 0 Å². The molecule has 0 aliphatic carbocycles. The monoisotopic (exact) mass is 196 g/mol. The largest absolute Gasteiger partial charge is 0.503 e. The maximum Gasteiger partial charge on any atom is 0.503 e. The number of carboxylic acid groups (broad SMARTS) is 2. The number of hydrogen-bond donors (Lipinski definition) is 2. The van der Waals surface area contributed by atoms with E-state index in [9.17, 15) is 0 Å². The summed E-state index contributed by atoms with van der Waals surface area (Å²) in [7, 11) is 0. The lowest BCUT2D eigenvalue weighted by molar-refractivity contribution is 0.137. The first-order chi connectivity index (χ1) is 6.34. The fourth-order valence-electron chi connectivity index (χ4n) is 0.938. The highest BCUT2D eigenvalue weighted by molar-refractivity contribution is 5.53. The normalized spacial score (nSPS) is 9.93. The lowest BCUT2D eigenvalue weighted by Gasteiger charge is -2.18. The van der Waals surface area contributed by atoms with E-state index in [1.165, 1.54) is 5.56 Å². The summed E-state index contributed by atoms with van der Waals surface area (Å²) in [4.78, 5) is 8.56. The SMILES string of the molecule is CC(C)(C)c1ccccc1.O=C(O)O. The first-order valence-corrected chi connectivity index (χ1v) is 4.31. The zero-order valence-corrected chi connectivity index (χ0v) is 8.69. The molecule has 0 saturated heterocycles. The van der Waals surface area contributed by atoms with Crippen molar-refractivity contribution in [2.24, 2.45) is 0 Å². The fraction of sp³-hybridized carbons (Fsp3) is 0.364. The van der Waals surface area contributed by atoms with Crippen molar-refractivity contribution in [3.8, 4) is 0 Å². The van der Waals surface area contributed by atoms with Gasteiger partial charge in [-0.15, -0.1) is 0 Å². The number of carbonyl (C=O) groups is 1. The summed E-state index contributed by atoms with van der Waals surface area (Å²) in [5.74, 6) is 0. The van der Waals surface area contributed by atoms with Gasteiger partial charge in [-0.2, -0.15) is 0 Å². The van der Waals surface area contributed by atoms with Gasteiger partial charge in [-0.25, -0.2) is 4.79 Å². The van der Waals surface area contributed by atoms with E-state index in [1.807, 2.05) is 0 Å². The molecule has 3 nitrogen and oxygen atoms in total. The highest BCUT2D eigenvalue weighted by atomic mass is 16.6. The molecule has 0 saturated carbocycles. The van der Waals surface area contributed by atoms with Gasteiger partial charge in [0.1, 0.15) is 0 Å². The molecule has 1 rings (SSSR count). The predicted molar refractivity (Wildman–Crippen MR) is 55.8 cm³/mol. The van der Waals surface area contributed by atoms with Gasteiger partial charge in [0, 0.05) is 0 Å². The maximum atomic E-state index is 8.56. The molecule has 1 aromatic carbocycles. The molecule has 78 valence electrons. The first kappa shape index (κ1) is 12.5. The Labute approximate surface area is 84.0 Å². The standard InChI is InChI=1S/C10H14.CH2O3/c1-10(2,3)9-7-5-4-6-8-9;2-1(3)4/h4-8H,1-3H3;(H2,2,3,4). The van der Waals surface area contributed by atoms with Crippen LogP contribution in [0.1, 0.15) is 26.3 Å². The quantitative estimate of drug-likeness (QED) is 0.669. The molecule has 0 unspecified atom stereocenters. The molecule has 1 aromatic rings. The molecule has 0 radical (unpaired) electrons. The number of rotatable bonds is 0. The molecule has 0 bridgehead atoms. The summed E-state index contributed by atoms with van der Waals surface area (Å²) in [6, 6.07) is 10.6. The van der Waals surface area contributed by atoms with Crippen molar-refractivity contribution in [1.29, 1.82) is 0 Å². The van der Waals surface area contributed by atoms with Crippen molar-refractivity contribution in [2.45, 2.75) is 26.2 Å². The van der Waals surface area contributed by atoms with Gasteiger partial charge >= 0.3 is 6.16 Å². The van der Waals surface area contributed by atoms with E-state index in [0.29, 0.717) is 5.41 Å². The van der Waals surface area contributed by atoms with Crippen molar-refractivity contribution in [2.75, 3.05) is 0 Å². The Morgan fingerprint density at radius 1 is 1.07 bits per heavy atom. The molecule has 0 fully saturated rings. The van der Waals surface area contributed by atoms with Gasteiger partial charge < -0.3 is 10.2 Å². The van der Waals surface area contributed by atoms with Crippen LogP contribution in [0, 0.1) is 0 Å². The second-order valence-electron chi connectivity index (χ2n) is 3.90. The minimum atomic E-state index is -1.83. The smallest absolute Gasteiger partial charge is 0.450 e. The van der Waals surface area contributed by atoms with Gasteiger partial charge in [0.2, 0.25) is 0 Å². The van der Waals surface area contributed by atoms with Gasteiger partial charge in [0.15, 0.2) is 0 Å². The van der Waals surface area contributed by atoms with Gasteiger partial charge in [-0.3, -0.25) is 0 Å². The number of hydrogen-bond acceptors (Lipinski definition) is 1. The Morgan fingerprint density at radius 3 is 1.64 bits per heavy atom. The summed E-state index contributed by atoms with van der Waals surface area (Å²) in [6.07, 6.45) is -1.83. The predicted octanol–water partition coefficient (Wildman–Crippen LogP) is 3.21. The third-order valence-electron chi connectivity index (χ3n) is 1.64. The third kappa shape index (κ3) is 6.06. The van der Waals surface area contributed by atoms with Crippen molar-refractivity contribution in [3.05, 3.63) is 35.9 Å². The van der Waals surface area contributed by atoms with Gasteiger partial charge in [0.05, 0.1) is 0 Å². The Bertz CT molecular complexity index is 268. The molecular formula is C11H16O3. The molecular weight excluding hydrogens is 180 g/mol. The molecule has 2 N–H and O–H groups in total. The van der Waals surface area contributed by atoms with E-state index < -0.39 is 6.16 Å². The van der Waals surface area contributed by atoms with Crippen molar-refractivity contribution in [3.63, 3.8) is 0 Å². The topological polar surface area (TPSA) is 57.5 Å². The van der Waals surface area contributed by atoms with E-state index in [1.54, 1.807) is 0 Å². The van der Waals surface area contributed by atoms with Crippen LogP contribution in [-0.2, 0) is 5.41 Å². The van der Waals surface area contributed by atoms with Crippen LogP contribution >= 0.6 is 0 Å². The van der Waals surface area contributed by atoms with Crippen LogP contribution in [0.15, 0.2) is 30.3 Å². The van der Waals surface area contributed by atoms with Crippen LogP contribution in [0.5, 0.6) is 0 Å². The molecule has 0 aromatic heterocycles. The zero-order chi connectivity index (χ0) is 11.2. The van der Waals surface area contributed by atoms with Crippen molar-refractivity contribution in [1.82, 2.24) is 0 Å². The lowest BCUT2D eigenvalue weighted by atomic mass is 9.87. The summed E-state index contributed by atoms with van der Waals surface area (Å²) in [5.41, 5.74) is 1.69. The summed E-state index contributed by atoms with van der Waals surface area (Å²) >= 11 is 0. The number of benzene rings is 1. The van der Waals surface area contributed by atoms with Crippen LogP contribution in [-0.4, -0.2) is 16.4 Å². The van der Waals surface area contributed by atoms with Crippen LogP contribution in [0.4, 0.5) is 4.79 Å². The maximum absolute atomic E-state index is 8.56. The molecule has 0 aliphatic rings. The minimum absolute atomic E-state index is 0.293. The third-order valence-corrected chi connectivity index (χ3v) is 1.64. The fourth-order valence-corrected chi connectivity index (χ4v) is 0.938. The first-order valence-electron chi connectivity index (χ1n) is 4.31. The highest BCUT2D eigenvalue weighted by Gasteiger charge is 2.11. The van der Waals surface area contributed by atoms with E-state index in [2.05, 4.69) is 51.1 Å². The van der Waals surface area contributed by atoms with E-state index in [4.69, 9.17) is 15.0 Å².